The van der Waals surface area contributed by atoms with Crippen molar-refractivity contribution in [1.82, 2.24) is 5.32 Å². The van der Waals surface area contributed by atoms with Crippen molar-refractivity contribution >= 4 is 6.09 Å². The lowest BCUT2D eigenvalue weighted by molar-refractivity contribution is 0.139. The molecule has 82 valence electrons. The summed E-state index contributed by atoms with van der Waals surface area (Å²) in [5.41, 5.74) is 6.44. The number of hydrogen-bond donors (Lipinski definition) is 2. The number of alkyl carbamates (subject to hydrolysis) is 1. The van der Waals surface area contributed by atoms with Crippen molar-refractivity contribution in [2.45, 2.75) is 19.6 Å². The Hall–Kier alpha value is -1.55. The minimum Gasteiger partial charge on any atom is -0.445 e. The highest BCUT2D eigenvalue weighted by atomic mass is 16.5. The zero-order valence-electron chi connectivity index (χ0n) is 8.77. The van der Waals surface area contributed by atoms with E-state index in [9.17, 15) is 4.79 Å². The largest absolute Gasteiger partial charge is 0.445 e. The number of benzene rings is 1. The number of nitrogens with two attached hydrogens (primary N) is 1. The second-order valence-electron chi connectivity index (χ2n) is 3.42. The first-order chi connectivity index (χ1) is 7.18. The summed E-state index contributed by atoms with van der Waals surface area (Å²) in [7, 11) is 0. The van der Waals surface area contributed by atoms with E-state index in [4.69, 9.17) is 10.5 Å². The van der Waals surface area contributed by atoms with Crippen molar-refractivity contribution in [2.75, 3.05) is 6.54 Å². The highest BCUT2D eigenvalue weighted by Gasteiger charge is 2.02. The summed E-state index contributed by atoms with van der Waals surface area (Å²) < 4.78 is 4.97. The van der Waals surface area contributed by atoms with Gasteiger partial charge in [-0.1, -0.05) is 30.3 Å². The molecule has 15 heavy (non-hydrogen) atoms. The lowest BCUT2D eigenvalue weighted by Gasteiger charge is -2.08. The Kier molecular flexibility index (Phi) is 4.63. The topological polar surface area (TPSA) is 64.3 Å². The zero-order chi connectivity index (χ0) is 11.1. The first-order valence-corrected chi connectivity index (χ1v) is 4.88. The molecular weight excluding hydrogens is 192 g/mol. The molecule has 1 amide bonds. The average molecular weight is 208 g/mol. The van der Waals surface area contributed by atoms with Gasteiger partial charge in [0.2, 0.25) is 0 Å². The van der Waals surface area contributed by atoms with Crippen LogP contribution in [0.5, 0.6) is 0 Å². The summed E-state index contributed by atoms with van der Waals surface area (Å²) in [6, 6.07) is 9.46. The van der Waals surface area contributed by atoms with Gasteiger partial charge in [0.05, 0.1) is 0 Å². The summed E-state index contributed by atoms with van der Waals surface area (Å²) in [5, 5.41) is 2.57. The van der Waals surface area contributed by atoms with Crippen molar-refractivity contribution in [1.29, 1.82) is 0 Å². The van der Waals surface area contributed by atoms with E-state index >= 15 is 0 Å². The number of carbonyl (C=O) groups is 1. The van der Waals surface area contributed by atoms with Gasteiger partial charge in [-0.15, -0.1) is 0 Å². The third-order valence-electron chi connectivity index (χ3n) is 1.78. The maximum absolute atomic E-state index is 11.1. The van der Waals surface area contributed by atoms with Gasteiger partial charge >= 0.3 is 6.09 Å². The number of ether oxygens (including phenoxy) is 1. The summed E-state index contributed by atoms with van der Waals surface area (Å²) in [5.74, 6) is 0. The van der Waals surface area contributed by atoms with E-state index < -0.39 is 6.09 Å². The predicted molar refractivity (Wildman–Crippen MR) is 58.3 cm³/mol. The van der Waals surface area contributed by atoms with Gasteiger partial charge in [-0.2, -0.15) is 0 Å². The number of hydrogen-bond acceptors (Lipinski definition) is 3. The molecule has 1 atom stereocenters. The quantitative estimate of drug-likeness (QED) is 0.783. The second kappa shape index (κ2) is 6.03. The number of rotatable bonds is 4. The van der Waals surface area contributed by atoms with Gasteiger partial charge in [-0.25, -0.2) is 4.79 Å². The molecule has 3 N–H and O–H groups in total. The van der Waals surface area contributed by atoms with Crippen LogP contribution in [-0.4, -0.2) is 18.7 Å². The monoisotopic (exact) mass is 208 g/mol. The summed E-state index contributed by atoms with van der Waals surface area (Å²) in [6.45, 7) is 2.52. The Balaban J connectivity index is 2.23. The zero-order valence-corrected chi connectivity index (χ0v) is 8.77. The molecule has 0 aliphatic heterocycles. The number of nitrogens with one attached hydrogen (secondary N) is 1. The van der Waals surface area contributed by atoms with Gasteiger partial charge in [-0.05, 0) is 12.5 Å². The smallest absolute Gasteiger partial charge is 0.407 e. The predicted octanol–water partition coefficient (Wildman–Crippen LogP) is 1.26. The van der Waals surface area contributed by atoms with Crippen LogP contribution in [0.3, 0.4) is 0 Å². The van der Waals surface area contributed by atoms with Crippen LogP contribution in [0.2, 0.25) is 0 Å². The molecule has 0 aliphatic carbocycles. The van der Waals surface area contributed by atoms with Gasteiger partial charge in [0.25, 0.3) is 0 Å². The first-order valence-electron chi connectivity index (χ1n) is 4.88. The van der Waals surface area contributed by atoms with Crippen molar-refractivity contribution < 1.29 is 9.53 Å². The average Bonchev–Trinajstić information content (AvgIpc) is 2.25. The minimum atomic E-state index is -0.434. The van der Waals surface area contributed by atoms with Crippen molar-refractivity contribution in [3.63, 3.8) is 0 Å². The molecule has 4 nitrogen and oxygen atoms in total. The summed E-state index contributed by atoms with van der Waals surface area (Å²) >= 11 is 0. The Morgan fingerprint density at radius 1 is 1.47 bits per heavy atom. The Bertz CT molecular complexity index is 299. The highest BCUT2D eigenvalue weighted by Crippen LogP contribution is 2.00. The minimum absolute atomic E-state index is 0.0609. The molecule has 0 unspecified atom stereocenters. The number of amides is 1. The fourth-order valence-electron chi connectivity index (χ4n) is 1.02. The van der Waals surface area contributed by atoms with Crippen molar-refractivity contribution in [3.8, 4) is 0 Å². The Morgan fingerprint density at radius 3 is 2.73 bits per heavy atom. The second-order valence-corrected chi connectivity index (χ2v) is 3.42. The summed E-state index contributed by atoms with van der Waals surface area (Å²) in [6.07, 6.45) is -0.434. The van der Waals surface area contributed by atoms with Crippen LogP contribution in [0.25, 0.3) is 0 Å². The molecule has 0 fully saturated rings. The standard InChI is InChI=1S/C11H16N2O2/c1-9(12)7-13-11(14)15-8-10-5-3-2-4-6-10/h2-6,9H,7-8,12H2,1H3,(H,13,14)/t9-/m0/s1. The SMILES string of the molecule is C[C@H](N)CNC(=O)OCc1ccccc1. The van der Waals surface area contributed by atoms with E-state index in [0.29, 0.717) is 6.54 Å². The van der Waals surface area contributed by atoms with Crippen molar-refractivity contribution in [2.24, 2.45) is 5.73 Å². The summed E-state index contributed by atoms with van der Waals surface area (Å²) in [4.78, 5) is 11.1. The molecule has 0 aromatic heterocycles. The van der Waals surface area contributed by atoms with Gasteiger partial charge in [0.1, 0.15) is 6.61 Å². The van der Waals surface area contributed by atoms with Crippen LogP contribution >= 0.6 is 0 Å². The molecule has 0 saturated carbocycles. The Labute approximate surface area is 89.4 Å². The van der Waals surface area contributed by atoms with Gasteiger partial charge in [0, 0.05) is 12.6 Å². The molecule has 1 rings (SSSR count). The molecule has 1 aromatic rings. The van der Waals surface area contributed by atoms with E-state index in [1.807, 2.05) is 37.3 Å². The van der Waals surface area contributed by atoms with Gasteiger partial charge < -0.3 is 15.8 Å². The molecule has 4 heteroatoms. The molecule has 0 heterocycles. The molecule has 0 spiro atoms. The van der Waals surface area contributed by atoms with Crippen LogP contribution in [0.4, 0.5) is 4.79 Å². The maximum atomic E-state index is 11.1. The van der Waals surface area contributed by atoms with E-state index in [1.54, 1.807) is 0 Å². The van der Waals surface area contributed by atoms with E-state index in [1.165, 1.54) is 0 Å². The molecular formula is C11H16N2O2. The van der Waals surface area contributed by atoms with Crippen LogP contribution in [0.15, 0.2) is 30.3 Å². The van der Waals surface area contributed by atoms with Crippen molar-refractivity contribution in [3.05, 3.63) is 35.9 Å². The highest BCUT2D eigenvalue weighted by molar-refractivity contribution is 5.67. The van der Waals surface area contributed by atoms with Crippen LogP contribution in [0.1, 0.15) is 12.5 Å². The fourth-order valence-corrected chi connectivity index (χ4v) is 1.02. The molecule has 0 radical (unpaired) electrons. The van der Waals surface area contributed by atoms with E-state index in [-0.39, 0.29) is 12.6 Å². The lowest BCUT2D eigenvalue weighted by Crippen LogP contribution is -2.35. The molecule has 0 saturated heterocycles. The molecule has 1 aromatic carbocycles. The van der Waals surface area contributed by atoms with Crippen LogP contribution in [-0.2, 0) is 11.3 Å². The first kappa shape index (κ1) is 11.5. The Morgan fingerprint density at radius 2 is 2.13 bits per heavy atom. The fraction of sp³-hybridized carbons (Fsp3) is 0.364. The third kappa shape index (κ3) is 5.02. The van der Waals surface area contributed by atoms with Gasteiger partial charge in [0.15, 0.2) is 0 Å². The lowest BCUT2D eigenvalue weighted by atomic mass is 10.2. The van der Waals surface area contributed by atoms with E-state index in [0.717, 1.165) is 5.56 Å². The maximum Gasteiger partial charge on any atom is 0.407 e. The third-order valence-corrected chi connectivity index (χ3v) is 1.78. The molecule has 0 bridgehead atoms. The van der Waals surface area contributed by atoms with E-state index in [2.05, 4.69) is 5.32 Å². The molecule has 0 aliphatic rings. The van der Waals surface area contributed by atoms with Gasteiger partial charge in [-0.3, -0.25) is 0 Å². The van der Waals surface area contributed by atoms with Crippen LogP contribution in [0, 0.1) is 0 Å². The van der Waals surface area contributed by atoms with Crippen LogP contribution < -0.4 is 11.1 Å². The number of carbonyl (C=O) groups excluding carboxylic acids is 1. The normalized spacial score (nSPS) is 11.9.